The van der Waals surface area contributed by atoms with Crippen molar-refractivity contribution in [3.8, 4) is 0 Å². The molecule has 200 valence electrons. The molecule has 1 aliphatic heterocycles. The van der Waals surface area contributed by atoms with E-state index in [0.29, 0.717) is 18.4 Å². The van der Waals surface area contributed by atoms with Crippen molar-refractivity contribution in [3.05, 3.63) is 36.0 Å². The molecule has 8 N–H and O–H groups in total. The zero-order chi connectivity index (χ0) is 27.1. The maximum absolute atomic E-state index is 13.1. The van der Waals surface area contributed by atoms with Crippen molar-refractivity contribution in [2.45, 2.75) is 56.3 Å². The van der Waals surface area contributed by atoms with E-state index in [4.69, 9.17) is 10.8 Å². The number of carbonyl (C=O) groups is 5. The standard InChI is InChI=1S/C24H31N5O8/c25-15(12-30)23(35)29-9-3-6-19(29)22(34)27-17(7-8-20(31)32)21(33)28-18(24(36)37)10-13-11-26-16-5-2-1-4-14(13)16/h1-2,4-5,11,15,17-19,26,30H,3,6-10,12,25H2,(H,27,34)(H,28,33)(H,31,32)(H,36,37). The lowest BCUT2D eigenvalue weighted by Gasteiger charge is -2.28. The normalized spacial score (nSPS) is 17.7. The Kier molecular flexibility index (Phi) is 9.20. The molecule has 3 amide bonds. The van der Waals surface area contributed by atoms with Gasteiger partial charge in [-0.05, 0) is 30.9 Å². The van der Waals surface area contributed by atoms with Crippen molar-refractivity contribution >= 4 is 40.6 Å². The second-order valence-electron chi connectivity index (χ2n) is 8.94. The molecule has 4 atom stereocenters. The van der Waals surface area contributed by atoms with Gasteiger partial charge in [0, 0.05) is 36.5 Å². The number of fused-ring (bicyclic) bond motifs is 1. The van der Waals surface area contributed by atoms with Gasteiger partial charge in [0.15, 0.2) is 0 Å². The highest BCUT2D eigenvalue weighted by molar-refractivity contribution is 5.95. The molecular formula is C24H31N5O8. The van der Waals surface area contributed by atoms with Crippen LogP contribution in [0.1, 0.15) is 31.2 Å². The molecule has 2 heterocycles. The van der Waals surface area contributed by atoms with Crippen LogP contribution in [0, 0.1) is 0 Å². The number of nitrogens with two attached hydrogens (primary N) is 1. The number of carboxylic acid groups (broad SMARTS) is 2. The number of rotatable bonds is 12. The number of aromatic nitrogens is 1. The zero-order valence-corrected chi connectivity index (χ0v) is 20.1. The lowest BCUT2D eigenvalue weighted by Crippen LogP contribution is -2.57. The number of aliphatic carboxylic acids is 2. The Morgan fingerprint density at radius 2 is 1.84 bits per heavy atom. The fraction of sp³-hybridized carbons (Fsp3) is 0.458. The fourth-order valence-electron chi connectivity index (χ4n) is 4.39. The van der Waals surface area contributed by atoms with Crippen molar-refractivity contribution in [1.82, 2.24) is 20.5 Å². The highest BCUT2D eigenvalue weighted by Crippen LogP contribution is 2.20. The van der Waals surface area contributed by atoms with Gasteiger partial charge in [-0.1, -0.05) is 18.2 Å². The van der Waals surface area contributed by atoms with Gasteiger partial charge >= 0.3 is 11.9 Å². The van der Waals surface area contributed by atoms with Crippen molar-refractivity contribution < 1.29 is 39.3 Å². The highest BCUT2D eigenvalue weighted by Gasteiger charge is 2.38. The van der Waals surface area contributed by atoms with Crippen LogP contribution in [0.5, 0.6) is 0 Å². The Balaban J connectivity index is 1.73. The van der Waals surface area contributed by atoms with E-state index in [1.165, 1.54) is 4.90 Å². The van der Waals surface area contributed by atoms with E-state index >= 15 is 0 Å². The molecule has 37 heavy (non-hydrogen) atoms. The molecule has 0 radical (unpaired) electrons. The smallest absolute Gasteiger partial charge is 0.326 e. The number of aliphatic hydroxyl groups is 1. The highest BCUT2D eigenvalue weighted by atomic mass is 16.4. The SMILES string of the molecule is NC(CO)C(=O)N1CCCC1C(=O)NC(CCC(=O)O)C(=O)NC(Cc1c[nH]c2ccccc12)C(=O)O. The van der Waals surface area contributed by atoms with E-state index in [9.17, 15) is 34.2 Å². The van der Waals surface area contributed by atoms with E-state index < -0.39 is 66.9 Å². The Morgan fingerprint density at radius 3 is 2.51 bits per heavy atom. The van der Waals surface area contributed by atoms with Gasteiger partial charge < -0.3 is 41.6 Å². The molecule has 1 aliphatic rings. The molecule has 0 spiro atoms. The Hall–Kier alpha value is -3.97. The fourth-order valence-corrected chi connectivity index (χ4v) is 4.39. The quantitative estimate of drug-likeness (QED) is 0.182. The predicted molar refractivity (Wildman–Crippen MR) is 130 cm³/mol. The number of hydrogen-bond donors (Lipinski definition) is 7. The number of aliphatic hydroxyl groups excluding tert-OH is 1. The summed E-state index contributed by atoms with van der Waals surface area (Å²) in [5, 5.41) is 33.7. The maximum atomic E-state index is 13.1. The molecule has 1 saturated heterocycles. The van der Waals surface area contributed by atoms with Gasteiger partial charge in [0.2, 0.25) is 17.7 Å². The summed E-state index contributed by atoms with van der Waals surface area (Å²) in [5.41, 5.74) is 7.07. The van der Waals surface area contributed by atoms with Gasteiger partial charge in [0.05, 0.1) is 6.61 Å². The number of nitrogens with zero attached hydrogens (tertiary/aromatic N) is 1. The molecule has 0 bridgehead atoms. The summed E-state index contributed by atoms with van der Waals surface area (Å²) in [6.45, 7) is -0.358. The van der Waals surface area contributed by atoms with Gasteiger partial charge in [0.1, 0.15) is 24.2 Å². The largest absolute Gasteiger partial charge is 0.481 e. The van der Waals surface area contributed by atoms with Crippen LogP contribution in [-0.2, 0) is 30.4 Å². The average molecular weight is 518 g/mol. The molecular weight excluding hydrogens is 486 g/mol. The summed E-state index contributed by atoms with van der Waals surface area (Å²) in [6, 6.07) is 2.43. The summed E-state index contributed by atoms with van der Waals surface area (Å²) >= 11 is 0. The van der Waals surface area contributed by atoms with Gasteiger partial charge in [-0.25, -0.2) is 4.79 Å². The number of benzene rings is 1. The van der Waals surface area contributed by atoms with E-state index in [1.54, 1.807) is 12.3 Å². The van der Waals surface area contributed by atoms with Gasteiger partial charge in [0.25, 0.3) is 0 Å². The van der Waals surface area contributed by atoms with E-state index in [2.05, 4.69) is 15.6 Å². The molecule has 4 unspecified atom stereocenters. The first-order chi connectivity index (χ1) is 17.6. The number of nitrogens with one attached hydrogen (secondary N) is 3. The van der Waals surface area contributed by atoms with Crippen molar-refractivity contribution in [1.29, 1.82) is 0 Å². The first-order valence-corrected chi connectivity index (χ1v) is 11.9. The Bertz CT molecular complexity index is 1160. The number of carboxylic acids is 2. The lowest BCUT2D eigenvalue weighted by atomic mass is 10.0. The Morgan fingerprint density at radius 1 is 1.11 bits per heavy atom. The van der Waals surface area contributed by atoms with Crippen LogP contribution < -0.4 is 16.4 Å². The van der Waals surface area contributed by atoms with Crippen LogP contribution in [0.3, 0.4) is 0 Å². The van der Waals surface area contributed by atoms with E-state index in [-0.39, 0.29) is 19.4 Å². The molecule has 1 aromatic heterocycles. The zero-order valence-electron chi connectivity index (χ0n) is 20.1. The van der Waals surface area contributed by atoms with Crippen LogP contribution in [0.25, 0.3) is 10.9 Å². The third-order valence-corrected chi connectivity index (χ3v) is 6.35. The van der Waals surface area contributed by atoms with Crippen molar-refractivity contribution in [2.24, 2.45) is 5.73 Å². The topological polar surface area (TPSA) is 215 Å². The second-order valence-corrected chi connectivity index (χ2v) is 8.94. The van der Waals surface area contributed by atoms with Crippen LogP contribution in [0.2, 0.25) is 0 Å². The van der Waals surface area contributed by atoms with Crippen LogP contribution in [0.15, 0.2) is 30.5 Å². The number of H-pyrrole nitrogens is 1. The van der Waals surface area contributed by atoms with Gasteiger partial charge in [-0.15, -0.1) is 0 Å². The molecule has 0 saturated carbocycles. The molecule has 13 heteroatoms. The number of para-hydroxylation sites is 1. The van der Waals surface area contributed by atoms with Crippen molar-refractivity contribution in [2.75, 3.05) is 13.2 Å². The van der Waals surface area contributed by atoms with Crippen molar-refractivity contribution in [3.63, 3.8) is 0 Å². The number of likely N-dealkylation sites (tertiary alicyclic amines) is 1. The minimum Gasteiger partial charge on any atom is -0.481 e. The summed E-state index contributed by atoms with van der Waals surface area (Å²) in [6.07, 6.45) is 1.65. The molecule has 0 aliphatic carbocycles. The second kappa shape index (κ2) is 12.3. The third kappa shape index (κ3) is 6.83. The molecule has 1 fully saturated rings. The van der Waals surface area contributed by atoms with Crippen LogP contribution in [0.4, 0.5) is 0 Å². The number of amides is 3. The van der Waals surface area contributed by atoms with Crippen LogP contribution >= 0.6 is 0 Å². The predicted octanol–water partition coefficient (Wildman–Crippen LogP) is -1.06. The first-order valence-electron chi connectivity index (χ1n) is 11.9. The minimum absolute atomic E-state index is 0.0470. The van der Waals surface area contributed by atoms with Gasteiger partial charge in [-0.3, -0.25) is 19.2 Å². The minimum atomic E-state index is -1.35. The van der Waals surface area contributed by atoms with E-state index in [1.807, 2.05) is 18.2 Å². The van der Waals surface area contributed by atoms with Gasteiger partial charge in [-0.2, -0.15) is 0 Å². The summed E-state index contributed by atoms with van der Waals surface area (Å²) in [7, 11) is 0. The monoisotopic (exact) mass is 517 g/mol. The summed E-state index contributed by atoms with van der Waals surface area (Å²) < 4.78 is 0. The first kappa shape index (κ1) is 27.6. The number of aromatic amines is 1. The number of carbonyl (C=O) groups excluding carboxylic acids is 3. The summed E-state index contributed by atoms with van der Waals surface area (Å²) in [5.74, 6) is -4.66. The molecule has 13 nitrogen and oxygen atoms in total. The molecule has 2 aromatic rings. The average Bonchev–Trinajstić information content (AvgIpc) is 3.52. The summed E-state index contributed by atoms with van der Waals surface area (Å²) in [4.78, 5) is 65.8. The Labute approximate surface area is 212 Å². The van der Waals surface area contributed by atoms with Crippen LogP contribution in [-0.4, -0.2) is 92.2 Å². The third-order valence-electron chi connectivity index (χ3n) is 6.35. The molecule has 3 rings (SSSR count). The lowest BCUT2D eigenvalue weighted by molar-refractivity contribution is -0.143. The molecule has 1 aromatic carbocycles. The van der Waals surface area contributed by atoms with E-state index in [0.717, 1.165) is 10.9 Å². The number of hydrogen-bond acceptors (Lipinski definition) is 7. The maximum Gasteiger partial charge on any atom is 0.326 e.